The van der Waals surface area contributed by atoms with E-state index in [0.29, 0.717) is 18.9 Å². The molecule has 0 bridgehead atoms. The van der Waals surface area contributed by atoms with Gasteiger partial charge in [-0.15, -0.1) is 0 Å². The number of piperidine rings is 1. The van der Waals surface area contributed by atoms with Gasteiger partial charge < -0.3 is 10.2 Å². The first-order chi connectivity index (χ1) is 8.97. The second-order valence-electron chi connectivity index (χ2n) is 5.92. The molecule has 1 rings (SSSR count). The van der Waals surface area contributed by atoms with E-state index in [0.717, 1.165) is 25.8 Å². The zero-order chi connectivity index (χ0) is 14.4. The fraction of sp³-hybridized carbons (Fsp3) is 0.867. The van der Waals surface area contributed by atoms with Crippen molar-refractivity contribution in [1.82, 2.24) is 10.2 Å². The number of likely N-dealkylation sites (tertiary alicyclic amines) is 1. The van der Waals surface area contributed by atoms with Crippen LogP contribution in [0.15, 0.2) is 0 Å². The number of nitrogens with zero attached hydrogens (tertiary/aromatic N) is 1. The molecule has 0 aromatic heterocycles. The third kappa shape index (κ3) is 4.84. The maximum atomic E-state index is 12.0. The summed E-state index contributed by atoms with van der Waals surface area (Å²) in [7, 11) is 0. The van der Waals surface area contributed by atoms with Crippen molar-refractivity contribution in [3.05, 3.63) is 0 Å². The van der Waals surface area contributed by atoms with E-state index in [1.807, 2.05) is 25.7 Å². The number of hydrogen-bond acceptors (Lipinski definition) is 2. The van der Waals surface area contributed by atoms with Gasteiger partial charge in [0.15, 0.2) is 0 Å². The fourth-order valence-corrected chi connectivity index (χ4v) is 2.55. The molecule has 0 aromatic rings. The average molecular weight is 268 g/mol. The third-order valence-electron chi connectivity index (χ3n) is 3.80. The lowest BCUT2D eigenvalue weighted by atomic mass is 9.91. The normalized spacial score (nSPS) is 23.5. The molecule has 0 radical (unpaired) electrons. The lowest BCUT2D eigenvalue weighted by Gasteiger charge is -2.38. The fourth-order valence-electron chi connectivity index (χ4n) is 2.55. The average Bonchev–Trinajstić information content (AvgIpc) is 2.38. The monoisotopic (exact) mass is 268 g/mol. The van der Waals surface area contributed by atoms with Gasteiger partial charge in [0.05, 0.1) is 0 Å². The van der Waals surface area contributed by atoms with E-state index in [9.17, 15) is 9.59 Å². The molecule has 2 unspecified atom stereocenters. The van der Waals surface area contributed by atoms with Gasteiger partial charge in [0, 0.05) is 31.5 Å². The van der Waals surface area contributed by atoms with Gasteiger partial charge in [-0.1, -0.05) is 34.1 Å². The summed E-state index contributed by atoms with van der Waals surface area (Å²) in [6.07, 6.45) is 3.55. The molecule has 1 aliphatic rings. The Morgan fingerprint density at radius 3 is 2.47 bits per heavy atom. The van der Waals surface area contributed by atoms with Crippen LogP contribution in [0, 0.1) is 11.8 Å². The Bertz CT molecular complexity index is 315. The minimum absolute atomic E-state index is 0.00166. The molecule has 1 aliphatic heterocycles. The zero-order valence-electron chi connectivity index (χ0n) is 12.7. The van der Waals surface area contributed by atoms with E-state index >= 15 is 0 Å². The predicted octanol–water partition coefficient (Wildman–Crippen LogP) is 2.19. The quantitative estimate of drug-likeness (QED) is 0.831. The molecular formula is C15H28N2O2. The van der Waals surface area contributed by atoms with E-state index in [1.54, 1.807) is 0 Å². The summed E-state index contributed by atoms with van der Waals surface area (Å²) in [5.74, 6) is 0.822. The molecule has 4 nitrogen and oxygen atoms in total. The van der Waals surface area contributed by atoms with Gasteiger partial charge in [0.25, 0.3) is 0 Å². The molecule has 2 atom stereocenters. The Balaban J connectivity index is 2.62. The van der Waals surface area contributed by atoms with E-state index in [1.165, 1.54) is 0 Å². The van der Waals surface area contributed by atoms with Crippen LogP contribution in [0.25, 0.3) is 0 Å². The van der Waals surface area contributed by atoms with Crippen molar-refractivity contribution >= 4 is 11.8 Å². The number of rotatable bonds is 5. The topological polar surface area (TPSA) is 49.4 Å². The summed E-state index contributed by atoms with van der Waals surface area (Å²) in [5.41, 5.74) is 0. The number of hydrogen-bond donors (Lipinski definition) is 1. The Kier molecular flexibility index (Phi) is 6.32. The van der Waals surface area contributed by atoms with Crippen molar-refractivity contribution in [1.29, 1.82) is 0 Å². The lowest BCUT2D eigenvalue weighted by Crippen LogP contribution is -2.53. The highest BCUT2D eigenvalue weighted by Gasteiger charge is 2.29. The van der Waals surface area contributed by atoms with Crippen LogP contribution in [0.1, 0.15) is 53.4 Å². The summed E-state index contributed by atoms with van der Waals surface area (Å²) in [6, 6.07) is 0.120. The van der Waals surface area contributed by atoms with E-state index in [4.69, 9.17) is 0 Å². The lowest BCUT2D eigenvalue weighted by molar-refractivity contribution is -0.135. The van der Waals surface area contributed by atoms with Crippen molar-refractivity contribution in [3.63, 3.8) is 0 Å². The van der Waals surface area contributed by atoms with Gasteiger partial charge >= 0.3 is 0 Å². The Hall–Kier alpha value is -1.06. The van der Waals surface area contributed by atoms with E-state index in [2.05, 4.69) is 12.2 Å². The SMILES string of the molecule is CCCC(=O)N1CC(CC)CC(NC(=O)C(C)C)C1. The molecule has 110 valence electrons. The van der Waals surface area contributed by atoms with Crippen LogP contribution < -0.4 is 5.32 Å². The van der Waals surface area contributed by atoms with Crippen LogP contribution in [-0.2, 0) is 9.59 Å². The Morgan fingerprint density at radius 1 is 1.26 bits per heavy atom. The van der Waals surface area contributed by atoms with Crippen LogP contribution in [0.4, 0.5) is 0 Å². The van der Waals surface area contributed by atoms with Gasteiger partial charge in [-0.05, 0) is 18.8 Å². The molecule has 0 aromatic carbocycles. The molecule has 19 heavy (non-hydrogen) atoms. The second kappa shape index (κ2) is 7.51. The number of nitrogens with one attached hydrogen (secondary N) is 1. The Labute approximate surface area is 116 Å². The molecule has 1 heterocycles. The number of carbonyl (C=O) groups is 2. The predicted molar refractivity (Wildman–Crippen MR) is 76.7 cm³/mol. The highest BCUT2D eigenvalue weighted by molar-refractivity contribution is 5.79. The van der Waals surface area contributed by atoms with Crippen LogP contribution in [0.2, 0.25) is 0 Å². The van der Waals surface area contributed by atoms with Crippen LogP contribution in [0.3, 0.4) is 0 Å². The minimum Gasteiger partial charge on any atom is -0.351 e. The highest BCUT2D eigenvalue weighted by atomic mass is 16.2. The van der Waals surface area contributed by atoms with Crippen LogP contribution in [-0.4, -0.2) is 35.8 Å². The van der Waals surface area contributed by atoms with Crippen molar-refractivity contribution < 1.29 is 9.59 Å². The van der Waals surface area contributed by atoms with Gasteiger partial charge in [0.1, 0.15) is 0 Å². The highest BCUT2D eigenvalue weighted by Crippen LogP contribution is 2.21. The third-order valence-corrected chi connectivity index (χ3v) is 3.80. The first kappa shape index (κ1) is 16.0. The summed E-state index contributed by atoms with van der Waals surface area (Å²) in [5, 5.41) is 3.08. The molecule has 4 heteroatoms. The van der Waals surface area contributed by atoms with Crippen molar-refractivity contribution in [2.45, 2.75) is 59.4 Å². The molecule has 1 N–H and O–H groups in total. The van der Waals surface area contributed by atoms with Gasteiger partial charge in [-0.25, -0.2) is 0 Å². The summed E-state index contributed by atoms with van der Waals surface area (Å²) >= 11 is 0. The number of carbonyl (C=O) groups excluding carboxylic acids is 2. The van der Waals surface area contributed by atoms with E-state index < -0.39 is 0 Å². The number of amides is 2. The second-order valence-corrected chi connectivity index (χ2v) is 5.92. The summed E-state index contributed by atoms with van der Waals surface area (Å²) < 4.78 is 0. The minimum atomic E-state index is 0.00166. The molecule has 0 saturated carbocycles. The van der Waals surface area contributed by atoms with Crippen molar-refractivity contribution in [3.8, 4) is 0 Å². The van der Waals surface area contributed by atoms with E-state index in [-0.39, 0.29) is 23.8 Å². The maximum Gasteiger partial charge on any atom is 0.222 e. The van der Waals surface area contributed by atoms with Gasteiger partial charge in [-0.2, -0.15) is 0 Å². The molecule has 1 saturated heterocycles. The first-order valence-corrected chi connectivity index (χ1v) is 7.56. The van der Waals surface area contributed by atoms with Crippen molar-refractivity contribution in [2.24, 2.45) is 11.8 Å². The van der Waals surface area contributed by atoms with Gasteiger partial charge in [0.2, 0.25) is 11.8 Å². The van der Waals surface area contributed by atoms with Crippen LogP contribution in [0.5, 0.6) is 0 Å². The smallest absolute Gasteiger partial charge is 0.222 e. The Morgan fingerprint density at radius 2 is 1.95 bits per heavy atom. The first-order valence-electron chi connectivity index (χ1n) is 7.56. The maximum absolute atomic E-state index is 12.0. The molecule has 0 spiro atoms. The molecular weight excluding hydrogens is 240 g/mol. The van der Waals surface area contributed by atoms with Crippen LogP contribution >= 0.6 is 0 Å². The van der Waals surface area contributed by atoms with Gasteiger partial charge in [-0.3, -0.25) is 9.59 Å². The molecule has 1 fully saturated rings. The summed E-state index contributed by atoms with van der Waals surface area (Å²) in [6.45, 7) is 9.50. The molecule has 0 aliphatic carbocycles. The summed E-state index contributed by atoms with van der Waals surface area (Å²) in [4.78, 5) is 25.8. The zero-order valence-corrected chi connectivity index (χ0v) is 12.7. The standard InChI is InChI=1S/C15H28N2O2/c1-5-7-14(18)17-9-12(6-2)8-13(10-17)16-15(19)11(3)4/h11-13H,5-10H2,1-4H3,(H,16,19). The molecule has 2 amide bonds. The van der Waals surface area contributed by atoms with Crippen molar-refractivity contribution in [2.75, 3.05) is 13.1 Å². The largest absolute Gasteiger partial charge is 0.351 e.